The van der Waals surface area contributed by atoms with Crippen LogP contribution < -0.4 is 10.5 Å². The van der Waals surface area contributed by atoms with Crippen LogP contribution in [0, 0.1) is 18.2 Å². The van der Waals surface area contributed by atoms with Gasteiger partial charge in [0.2, 0.25) is 10.0 Å². The van der Waals surface area contributed by atoms with E-state index in [1.165, 1.54) is 0 Å². The second-order valence-corrected chi connectivity index (χ2v) is 6.27. The molecular formula is C11H12BrFN2O2S. The van der Waals surface area contributed by atoms with Crippen molar-refractivity contribution < 1.29 is 12.8 Å². The van der Waals surface area contributed by atoms with Crippen LogP contribution in [0.25, 0.3) is 0 Å². The van der Waals surface area contributed by atoms with Crippen LogP contribution in [0.5, 0.6) is 0 Å². The van der Waals surface area contributed by atoms with Gasteiger partial charge in [-0.3, -0.25) is 0 Å². The number of terminal acetylenes is 1. The van der Waals surface area contributed by atoms with E-state index < -0.39 is 21.9 Å². The molecular weight excluding hydrogens is 323 g/mol. The van der Waals surface area contributed by atoms with Crippen LogP contribution in [0.4, 0.5) is 10.1 Å². The van der Waals surface area contributed by atoms with Gasteiger partial charge >= 0.3 is 0 Å². The maximum atomic E-state index is 13.1. The number of hydrogen-bond acceptors (Lipinski definition) is 3. The second-order valence-electron chi connectivity index (χ2n) is 3.73. The van der Waals surface area contributed by atoms with Crippen LogP contribution in [0.3, 0.4) is 0 Å². The number of benzene rings is 1. The van der Waals surface area contributed by atoms with Crippen molar-refractivity contribution in [1.82, 2.24) is 4.72 Å². The summed E-state index contributed by atoms with van der Waals surface area (Å²) in [5.74, 6) is 1.67. The minimum Gasteiger partial charge on any atom is -0.396 e. The lowest BCUT2D eigenvalue weighted by molar-refractivity contribution is 0.562. The third-order valence-corrected chi connectivity index (χ3v) is 4.67. The molecule has 0 saturated heterocycles. The average Bonchev–Trinajstić information content (AvgIpc) is 2.22. The van der Waals surface area contributed by atoms with Gasteiger partial charge in [0.05, 0.1) is 10.6 Å². The lowest BCUT2D eigenvalue weighted by Gasteiger charge is -2.13. The topological polar surface area (TPSA) is 72.2 Å². The van der Waals surface area contributed by atoms with Crippen LogP contribution in [0.1, 0.15) is 13.3 Å². The Morgan fingerprint density at radius 1 is 1.61 bits per heavy atom. The highest BCUT2D eigenvalue weighted by atomic mass is 79.9. The van der Waals surface area contributed by atoms with E-state index in [-0.39, 0.29) is 21.5 Å². The normalized spacial score (nSPS) is 13.0. The summed E-state index contributed by atoms with van der Waals surface area (Å²) in [6, 6.07) is 1.65. The standard InChI is InChI=1S/C11H12BrFN2O2S/c1-3-4-7(2)15-18(16,17)11-6-10(14)9(13)5-8(11)12/h1,5-7,15H,4,14H2,2H3. The number of sulfonamides is 1. The molecule has 1 atom stereocenters. The van der Waals surface area contributed by atoms with Gasteiger partial charge in [0.15, 0.2) is 0 Å². The van der Waals surface area contributed by atoms with Gasteiger partial charge in [-0.1, -0.05) is 0 Å². The van der Waals surface area contributed by atoms with Gasteiger partial charge in [0.25, 0.3) is 0 Å². The van der Waals surface area contributed by atoms with E-state index in [1.54, 1.807) is 6.92 Å². The molecule has 18 heavy (non-hydrogen) atoms. The second kappa shape index (κ2) is 5.69. The predicted octanol–water partition coefficient (Wildman–Crippen LogP) is 1.86. The van der Waals surface area contributed by atoms with E-state index in [0.717, 1.165) is 12.1 Å². The number of nitrogens with one attached hydrogen (secondary N) is 1. The Morgan fingerprint density at radius 3 is 2.78 bits per heavy atom. The summed E-state index contributed by atoms with van der Waals surface area (Å²) in [6.07, 6.45) is 5.35. The molecule has 1 rings (SSSR count). The van der Waals surface area contributed by atoms with Crippen LogP contribution >= 0.6 is 15.9 Å². The molecule has 0 aliphatic carbocycles. The summed E-state index contributed by atoms with van der Waals surface area (Å²) in [5.41, 5.74) is 5.12. The van der Waals surface area contributed by atoms with Crippen LogP contribution in [0.15, 0.2) is 21.5 Å². The number of anilines is 1. The van der Waals surface area contributed by atoms with E-state index in [4.69, 9.17) is 12.2 Å². The number of nitrogens with two attached hydrogens (primary N) is 1. The van der Waals surface area contributed by atoms with Gasteiger partial charge < -0.3 is 5.73 Å². The smallest absolute Gasteiger partial charge is 0.242 e. The van der Waals surface area contributed by atoms with Gasteiger partial charge in [-0.25, -0.2) is 17.5 Å². The molecule has 0 amide bonds. The Morgan fingerprint density at radius 2 is 2.22 bits per heavy atom. The molecule has 0 radical (unpaired) electrons. The molecule has 1 aromatic carbocycles. The van der Waals surface area contributed by atoms with Crippen molar-refractivity contribution >= 4 is 31.6 Å². The molecule has 0 bridgehead atoms. The van der Waals surface area contributed by atoms with Gasteiger partial charge in [0, 0.05) is 16.9 Å². The van der Waals surface area contributed by atoms with Crippen molar-refractivity contribution in [3.05, 3.63) is 22.4 Å². The van der Waals surface area contributed by atoms with Crippen molar-refractivity contribution in [1.29, 1.82) is 0 Å². The molecule has 7 heteroatoms. The zero-order valence-electron chi connectivity index (χ0n) is 9.57. The van der Waals surface area contributed by atoms with Gasteiger partial charge in [0.1, 0.15) is 5.82 Å². The maximum Gasteiger partial charge on any atom is 0.242 e. The van der Waals surface area contributed by atoms with Crippen molar-refractivity contribution in [3.63, 3.8) is 0 Å². The molecule has 3 N–H and O–H groups in total. The predicted molar refractivity (Wildman–Crippen MR) is 71.7 cm³/mol. The Kier molecular flexibility index (Phi) is 4.73. The fraction of sp³-hybridized carbons (Fsp3) is 0.273. The lowest BCUT2D eigenvalue weighted by Crippen LogP contribution is -2.32. The average molecular weight is 335 g/mol. The SMILES string of the molecule is C#CCC(C)NS(=O)(=O)c1cc(N)c(F)cc1Br. The minimum atomic E-state index is -3.79. The molecule has 98 valence electrons. The van der Waals surface area contributed by atoms with E-state index in [9.17, 15) is 12.8 Å². The van der Waals surface area contributed by atoms with Gasteiger partial charge in [-0.05, 0) is 35.0 Å². The first-order chi connectivity index (χ1) is 8.27. The first-order valence-corrected chi connectivity index (χ1v) is 7.26. The Balaban J connectivity index is 3.14. The first kappa shape index (κ1) is 15.0. The molecule has 0 aliphatic rings. The quantitative estimate of drug-likeness (QED) is 0.652. The summed E-state index contributed by atoms with van der Waals surface area (Å²) < 4.78 is 39.7. The fourth-order valence-corrected chi connectivity index (χ4v) is 3.59. The van der Waals surface area contributed by atoms with Crippen LogP contribution in [0.2, 0.25) is 0 Å². The zero-order chi connectivity index (χ0) is 13.9. The molecule has 4 nitrogen and oxygen atoms in total. The summed E-state index contributed by atoms with van der Waals surface area (Å²) in [7, 11) is -3.79. The highest BCUT2D eigenvalue weighted by molar-refractivity contribution is 9.10. The van der Waals surface area contributed by atoms with E-state index in [2.05, 4.69) is 26.6 Å². The summed E-state index contributed by atoms with van der Waals surface area (Å²) in [5, 5.41) is 0. The highest BCUT2D eigenvalue weighted by Gasteiger charge is 2.21. The van der Waals surface area contributed by atoms with Crippen molar-refractivity contribution in [3.8, 4) is 12.3 Å². The summed E-state index contributed by atoms with van der Waals surface area (Å²) in [4.78, 5) is -0.120. The zero-order valence-corrected chi connectivity index (χ0v) is 12.0. The molecule has 0 fully saturated rings. The molecule has 0 aromatic heterocycles. The number of rotatable bonds is 4. The number of hydrogen-bond donors (Lipinski definition) is 2. The minimum absolute atomic E-state index is 0.106. The summed E-state index contributed by atoms with van der Waals surface area (Å²) >= 11 is 2.99. The molecule has 0 spiro atoms. The fourth-order valence-electron chi connectivity index (χ4n) is 1.30. The number of nitrogen functional groups attached to an aromatic ring is 1. The molecule has 0 aliphatic heterocycles. The molecule has 0 saturated carbocycles. The van der Waals surface area contributed by atoms with Crippen molar-refractivity contribution in [2.45, 2.75) is 24.3 Å². The monoisotopic (exact) mass is 334 g/mol. The van der Waals surface area contributed by atoms with Crippen molar-refractivity contribution in [2.75, 3.05) is 5.73 Å². The first-order valence-electron chi connectivity index (χ1n) is 4.98. The molecule has 1 aromatic rings. The Hall–Kier alpha value is -1.10. The Bertz CT molecular complexity index is 596. The lowest BCUT2D eigenvalue weighted by atomic mass is 10.3. The molecule has 1 unspecified atom stereocenters. The Labute approximate surface area is 114 Å². The largest absolute Gasteiger partial charge is 0.396 e. The van der Waals surface area contributed by atoms with E-state index >= 15 is 0 Å². The summed E-state index contributed by atoms with van der Waals surface area (Å²) in [6.45, 7) is 1.64. The maximum absolute atomic E-state index is 13.1. The van der Waals surface area contributed by atoms with Crippen molar-refractivity contribution in [2.24, 2.45) is 0 Å². The van der Waals surface area contributed by atoms with Gasteiger partial charge in [-0.15, -0.1) is 12.3 Å². The molecule has 0 heterocycles. The van der Waals surface area contributed by atoms with Crippen LogP contribution in [-0.2, 0) is 10.0 Å². The third kappa shape index (κ3) is 3.45. The van der Waals surface area contributed by atoms with Gasteiger partial charge in [-0.2, -0.15) is 0 Å². The number of halogens is 2. The van der Waals surface area contributed by atoms with E-state index in [0.29, 0.717) is 0 Å². The highest BCUT2D eigenvalue weighted by Crippen LogP contribution is 2.26. The van der Waals surface area contributed by atoms with Crippen LogP contribution in [-0.4, -0.2) is 14.5 Å². The van der Waals surface area contributed by atoms with E-state index in [1.807, 2.05) is 0 Å². The third-order valence-electron chi connectivity index (χ3n) is 2.12.